The Morgan fingerprint density at radius 2 is 1.12 bits per heavy atom. The third kappa shape index (κ3) is 3.23. The molecule has 0 saturated heterocycles. The van der Waals surface area contributed by atoms with Crippen LogP contribution < -0.4 is 0 Å². The van der Waals surface area contributed by atoms with Crippen LogP contribution >= 0.6 is 23.2 Å². The summed E-state index contributed by atoms with van der Waals surface area (Å²) in [6.45, 7) is 0. The van der Waals surface area contributed by atoms with Crippen LogP contribution in [0.15, 0.2) is 83.9 Å². The third-order valence-electron chi connectivity index (χ3n) is 4.42. The van der Waals surface area contributed by atoms with Gasteiger partial charge in [-0.1, -0.05) is 89.9 Å². The Morgan fingerprint density at radius 1 is 0.520 bits per heavy atom. The Bertz CT molecular complexity index is 1160. The van der Waals surface area contributed by atoms with Crippen LogP contribution in [0.2, 0.25) is 0 Å². The molecule has 0 saturated carbocycles. The molecule has 0 unspecified atom stereocenters. The standard InChI is InChI=1S/C20H12.C2H2Cl2.Pb/c1-2-7-17-15(4-1)12-16-9-8-13-5-3-6-14-10-11-18(17)20(16)19(13)14;3-1-2-4;/h1-12H;1-2H;. The number of hydrogen-bond donors (Lipinski definition) is 0. The van der Waals surface area contributed by atoms with E-state index in [9.17, 15) is 0 Å². The quantitative estimate of drug-likeness (QED) is 0.107. The second-order valence-corrected chi connectivity index (χ2v) is 6.21. The van der Waals surface area contributed by atoms with Gasteiger partial charge in [-0.25, -0.2) is 0 Å². The van der Waals surface area contributed by atoms with E-state index in [4.69, 9.17) is 23.2 Å². The van der Waals surface area contributed by atoms with Gasteiger partial charge in [0.05, 0.1) is 0 Å². The summed E-state index contributed by atoms with van der Waals surface area (Å²) in [5.74, 6) is 0. The number of benzene rings is 5. The molecule has 0 aliphatic carbocycles. The maximum absolute atomic E-state index is 4.87. The zero-order valence-corrected chi connectivity index (χ0v) is 18.7. The maximum Gasteiger partial charge on any atom is 0.0156 e. The second kappa shape index (κ2) is 7.90. The van der Waals surface area contributed by atoms with Crippen molar-refractivity contribution in [2.24, 2.45) is 0 Å². The van der Waals surface area contributed by atoms with Crippen LogP contribution in [0.3, 0.4) is 0 Å². The molecule has 25 heavy (non-hydrogen) atoms. The van der Waals surface area contributed by atoms with Crippen LogP contribution in [0, 0.1) is 0 Å². The van der Waals surface area contributed by atoms with Gasteiger partial charge in [0.1, 0.15) is 0 Å². The number of fused-ring (bicyclic) bond motifs is 2. The van der Waals surface area contributed by atoms with Gasteiger partial charge >= 0.3 is 0 Å². The van der Waals surface area contributed by atoms with Crippen LogP contribution in [0.5, 0.6) is 0 Å². The smallest absolute Gasteiger partial charge is 0.0156 e. The summed E-state index contributed by atoms with van der Waals surface area (Å²) < 4.78 is 0. The predicted molar refractivity (Wildman–Crippen MR) is 114 cm³/mol. The minimum atomic E-state index is 0. The van der Waals surface area contributed by atoms with E-state index in [0.29, 0.717) is 0 Å². The molecule has 0 amide bonds. The summed E-state index contributed by atoms with van der Waals surface area (Å²) in [5.41, 5.74) is 2.48. The zero-order valence-electron chi connectivity index (χ0n) is 13.3. The summed E-state index contributed by atoms with van der Waals surface area (Å²) in [6.07, 6.45) is 0. The first-order chi connectivity index (χ1) is 11.8. The van der Waals surface area contributed by atoms with Crippen LogP contribution in [0.25, 0.3) is 43.1 Å². The molecule has 0 nitrogen and oxygen atoms in total. The van der Waals surface area contributed by atoms with Crippen molar-refractivity contribution in [3.63, 3.8) is 0 Å². The summed E-state index contributed by atoms with van der Waals surface area (Å²) in [6, 6.07) is 26.5. The van der Waals surface area contributed by atoms with Gasteiger partial charge < -0.3 is 0 Å². The minimum absolute atomic E-state index is 0. The van der Waals surface area contributed by atoms with E-state index in [1.54, 1.807) is 0 Å². The first-order valence-corrected chi connectivity index (χ1v) is 8.61. The minimum Gasteiger partial charge on any atom is -0.0920 e. The Balaban J connectivity index is 0.000000334. The Morgan fingerprint density at radius 3 is 1.84 bits per heavy atom. The van der Waals surface area contributed by atoms with Crippen LogP contribution in [0.1, 0.15) is 0 Å². The van der Waals surface area contributed by atoms with Crippen molar-refractivity contribution < 1.29 is 0 Å². The second-order valence-electron chi connectivity index (χ2n) is 5.71. The average Bonchev–Trinajstić information content (AvgIpc) is 2.66. The van der Waals surface area contributed by atoms with Gasteiger partial charge in [-0.3, -0.25) is 0 Å². The summed E-state index contributed by atoms with van der Waals surface area (Å²) in [5, 5.41) is 10.8. The van der Waals surface area contributed by atoms with Gasteiger partial charge in [0, 0.05) is 38.4 Å². The van der Waals surface area contributed by atoms with Crippen LogP contribution in [-0.4, -0.2) is 27.3 Å². The van der Waals surface area contributed by atoms with Crippen molar-refractivity contribution in [1.82, 2.24) is 0 Å². The topological polar surface area (TPSA) is 0 Å². The van der Waals surface area contributed by atoms with Crippen LogP contribution in [-0.2, 0) is 0 Å². The Labute approximate surface area is 176 Å². The van der Waals surface area contributed by atoms with E-state index in [-0.39, 0.29) is 27.3 Å². The molecular weight excluding hydrogens is 542 g/mol. The van der Waals surface area contributed by atoms with Gasteiger partial charge in [0.2, 0.25) is 0 Å². The van der Waals surface area contributed by atoms with Crippen molar-refractivity contribution in [2.75, 3.05) is 0 Å². The molecule has 0 N–H and O–H groups in total. The SMILES string of the molecule is ClC=CCl.[Pb].c1ccc2c(c1)cc1ccc3cccc4ccc2c1c34. The molecule has 5 aromatic carbocycles. The molecule has 0 spiro atoms. The van der Waals surface area contributed by atoms with Crippen molar-refractivity contribution in [1.29, 1.82) is 0 Å². The van der Waals surface area contributed by atoms with Crippen molar-refractivity contribution in [2.45, 2.75) is 0 Å². The van der Waals surface area contributed by atoms with E-state index in [0.717, 1.165) is 0 Å². The van der Waals surface area contributed by atoms with E-state index < -0.39 is 0 Å². The van der Waals surface area contributed by atoms with Crippen molar-refractivity contribution >= 4 is 93.6 Å². The monoisotopic (exact) mass is 556 g/mol. The Hall–Kier alpha value is -1.36. The van der Waals surface area contributed by atoms with Gasteiger partial charge in [-0.05, 0) is 49.2 Å². The molecule has 3 heteroatoms. The number of halogens is 2. The molecule has 4 radical (unpaired) electrons. The molecule has 0 aliphatic heterocycles. The van der Waals surface area contributed by atoms with Crippen LogP contribution in [0.4, 0.5) is 0 Å². The molecule has 0 bridgehead atoms. The molecule has 5 rings (SSSR count). The predicted octanol–water partition coefficient (Wildman–Crippen LogP) is 7.29. The molecule has 5 aromatic rings. The van der Waals surface area contributed by atoms with Gasteiger partial charge in [0.15, 0.2) is 0 Å². The summed E-state index contributed by atoms with van der Waals surface area (Å²) in [7, 11) is 0. The zero-order chi connectivity index (χ0) is 16.5. The fraction of sp³-hybridized carbons (Fsp3) is 0. The van der Waals surface area contributed by atoms with E-state index in [2.05, 4.69) is 72.8 Å². The molecular formula is C22H14Cl2Pb. The molecule has 0 atom stereocenters. The first-order valence-electron chi connectivity index (χ1n) is 7.74. The van der Waals surface area contributed by atoms with E-state index in [1.807, 2.05) is 0 Å². The van der Waals surface area contributed by atoms with Gasteiger partial charge in [-0.2, -0.15) is 0 Å². The van der Waals surface area contributed by atoms with Gasteiger partial charge in [-0.15, -0.1) is 0 Å². The molecule has 0 aromatic heterocycles. The maximum atomic E-state index is 4.87. The molecule has 0 heterocycles. The molecule has 120 valence electrons. The van der Waals surface area contributed by atoms with E-state index in [1.165, 1.54) is 54.2 Å². The first kappa shape index (κ1) is 18.4. The average molecular weight is 556 g/mol. The number of rotatable bonds is 0. The number of hydrogen-bond acceptors (Lipinski definition) is 0. The fourth-order valence-corrected chi connectivity index (χ4v) is 3.49. The van der Waals surface area contributed by atoms with E-state index >= 15 is 0 Å². The molecule has 0 aliphatic rings. The van der Waals surface area contributed by atoms with Crippen molar-refractivity contribution in [3.8, 4) is 0 Å². The van der Waals surface area contributed by atoms with Gasteiger partial charge in [0.25, 0.3) is 0 Å². The Kier molecular flexibility index (Phi) is 5.82. The fourth-order valence-electron chi connectivity index (χ4n) is 3.49. The van der Waals surface area contributed by atoms with Crippen molar-refractivity contribution in [3.05, 3.63) is 83.9 Å². The third-order valence-corrected chi connectivity index (χ3v) is 4.80. The summed E-state index contributed by atoms with van der Waals surface area (Å²) in [4.78, 5) is 0. The normalized spacial score (nSPS) is 11.1. The molecule has 0 fully saturated rings. The largest absolute Gasteiger partial charge is 0.0920 e. The summed E-state index contributed by atoms with van der Waals surface area (Å²) >= 11 is 9.75.